The standard InChI is InChI=1S/C27H27N9O3S/c1-14-12-40-26(31-14)19-6-18(19)25(38)33-22-7-21(29-13-30-22)28-8-17-10-35-9-16(15-3-4-15)5-20(24(35)32-17)36-11-23(37)34(2)27(36)39/h5,7,9-10,12-13,15,18-19H,3-4,6,8,11H2,1-2H3,(H2,28,29,30,33,38). The predicted octanol–water partition coefficient (Wildman–Crippen LogP) is 3.52. The van der Waals surface area contributed by atoms with E-state index in [0.29, 0.717) is 35.4 Å². The van der Waals surface area contributed by atoms with Crippen molar-refractivity contribution in [2.75, 3.05) is 29.1 Å². The van der Waals surface area contributed by atoms with Gasteiger partial charge in [0.25, 0.3) is 0 Å². The fourth-order valence-corrected chi connectivity index (χ4v) is 6.06. The number of aromatic nitrogens is 5. The second-order valence-electron chi connectivity index (χ2n) is 10.6. The molecule has 3 aliphatic rings. The van der Waals surface area contributed by atoms with Crippen LogP contribution in [0.4, 0.5) is 22.1 Å². The van der Waals surface area contributed by atoms with Gasteiger partial charge in [0, 0.05) is 48.4 Å². The molecule has 0 radical (unpaired) electrons. The van der Waals surface area contributed by atoms with Crippen molar-refractivity contribution in [2.45, 2.75) is 44.6 Å². The average Bonchev–Trinajstić information content (AvgIpc) is 3.85. The SMILES string of the molecule is Cc1csc(C2CC2C(=O)Nc2cc(NCc3cn4cc(C5CC5)cc(N5CC(=O)N(C)C5=O)c4n3)ncn2)n1. The van der Waals surface area contributed by atoms with E-state index in [9.17, 15) is 14.4 Å². The Labute approximate surface area is 233 Å². The van der Waals surface area contributed by atoms with Crippen LogP contribution in [0.5, 0.6) is 0 Å². The molecule has 1 aliphatic heterocycles. The molecule has 0 spiro atoms. The number of anilines is 3. The lowest BCUT2D eigenvalue weighted by Crippen LogP contribution is -2.30. The highest BCUT2D eigenvalue weighted by Gasteiger charge is 2.46. The van der Waals surface area contributed by atoms with Crippen molar-refractivity contribution in [3.05, 3.63) is 58.2 Å². The number of urea groups is 1. The predicted molar refractivity (Wildman–Crippen MR) is 148 cm³/mol. The number of amides is 4. The number of thiazole rings is 1. The number of aryl methyl sites for hydroxylation is 1. The number of carbonyl (C=O) groups excluding carboxylic acids is 3. The van der Waals surface area contributed by atoms with Crippen LogP contribution in [0.15, 0.2) is 36.2 Å². The molecule has 7 rings (SSSR count). The van der Waals surface area contributed by atoms with Gasteiger partial charge in [0.2, 0.25) is 11.8 Å². The van der Waals surface area contributed by atoms with E-state index in [1.165, 1.54) is 18.3 Å². The number of fused-ring (bicyclic) bond motifs is 1. The molecule has 2 saturated carbocycles. The fourth-order valence-electron chi connectivity index (χ4n) is 5.08. The Kier molecular flexibility index (Phi) is 5.77. The summed E-state index contributed by atoms with van der Waals surface area (Å²) < 4.78 is 1.93. The van der Waals surface area contributed by atoms with E-state index in [1.54, 1.807) is 17.4 Å². The van der Waals surface area contributed by atoms with Crippen LogP contribution in [-0.2, 0) is 16.1 Å². The number of imide groups is 1. The van der Waals surface area contributed by atoms with E-state index < -0.39 is 0 Å². The van der Waals surface area contributed by atoms with Crippen molar-refractivity contribution in [1.29, 1.82) is 0 Å². The lowest BCUT2D eigenvalue weighted by Gasteiger charge is -2.17. The topological polar surface area (TPSA) is 138 Å². The maximum Gasteiger partial charge on any atom is 0.331 e. The van der Waals surface area contributed by atoms with Gasteiger partial charge in [-0.2, -0.15) is 0 Å². The third-order valence-corrected chi connectivity index (χ3v) is 8.67. The van der Waals surface area contributed by atoms with E-state index in [2.05, 4.69) is 31.8 Å². The van der Waals surface area contributed by atoms with Crippen molar-refractivity contribution in [3.63, 3.8) is 0 Å². The highest BCUT2D eigenvalue weighted by atomic mass is 32.1. The van der Waals surface area contributed by atoms with Crippen LogP contribution in [0.2, 0.25) is 0 Å². The molecule has 13 heteroatoms. The molecule has 2 unspecified atom stereocenters. The average molecular weight is 558 g/mol. The molecular formula is C27H27N9O3S. The third kappa shape index (κ3) is 4.55. The van der Waals surface area contributed by atoms with Gasteiger partial charge in [-0.05, 0) is 43.7 Å². The first-order valence-electron chi connectivity index (χ1n) is 13.2. The van der Waals surface area contributed by atoms with Gasteiger partial charge in [-0.25, -0.2) is 24.7 Å². The molecule has 2 atom stereocenters. The van der Waals surface area contributed by atoms with Crippen LogP contribution >= 0.6 is 11.3 Å². The summed E-state index contributed by atoms with van der Waals surface area (Å²) in [5.41, 5.74) is 4.10. The molecule has 2 aliphatic carbocycles. The highest BCUT2D eigenvalue weighted by Crippen LogP contribution is 2.49. The van der Waals surface area contributed by atoms with Gasteiger partial charge in [0.1, 0.15) is 24.5 Å². The van der Waals surface area contributed by atoms with Crippen molar-refractivity contribution < 1.29 is 14.4 Å². The van der Waals surface area contributed by atoms with Gasteiger partial charge in [0.15, 0.2) is 5.65 Å². The molecule has 4 aromatic heterocycles. The largest absolute Gasteiger partial charge is 0.364 e. The highest BCUT2D eigenvalue weighted by molar-refractivity contribution is 7.09. The summed E-state index contributed by atoms with van der Waals surface area (Å²) >= 11 is 1.60. The van der Waals surface area contributed by atoms with Crippen LogP contribution in [0.1, 0.15) is 53.1 Å². The lowest BCUT2D eigenvalue weighted by molar-refractivity contribution is -0.124. The van der Waals surface area contributed by atoms with E-state index in [4.69, 9.17) is 4.98 Å². The summed E-state index contributed by atoms with van der Waals surface area (Å²) in [7, 11) is 1.50. The molecule has 0 bridgehead atoms. The molecular weight excluding hydrogens is 530 g/mol. The second-order valence-corrected chi connectivity index (χ2v) is 11.5. The Morgan fingerprint density at radius 3 is 2.67 bits per heavy atom. The maximum atomic E-state index is 12.8. The van der Waals surface area contributed by atoms with Gasteiger partial charge in [-0.1, -0.05) is 0 Å². The van der Waals surface area contributed by atoms with Gasteiger partial charge < -0.3 is 15.0 Å². The summed E-state index contributed by atoms with van der Waals surface area (Å²) in [5.74, 6) is 1.21. The monoisotopic (exact) mass is 557 g/mol. The second kappa shape index (κ2) is 9.37. The molecule has 4 amide bonds. The zero-order valence-corrected chi connectivity index (χ0v) is 22.8. The molecule has 0 aromatic carbocycles. The zero-order chi connectivity index (χ0) is 27.5. The number of pyridine rings is 1. The molecule has 40 heavy (non-hydrogen) atoms. The van der Waals surface area contributed by atoms with Crippen LogP contribution in [-0.4, -0.2) is 60.7 Å². The number of imidazole rings is 1. The number of likely N-dealkylation sites (N-methyl/N-ethyl adjacent to an activating group) is 1. The first-order valence-corrected chi connectivity index (χ1v) is 14.1. The fraction of sp³-hybridized carbons (Fsp3) is 0.370. The van der Waals surface area contributed by atoms with E-state index >= 15 is 0 Å². The van der Waals surface area contributed by atoms with Crippen LogP contribution in [0.25, 0.3) is 5.65 Å². The minimum Gasteiger partial charge on any atom is -0.364 e. The quantitative estimate of drug-likeness (QED) is 0.314. The number of hydrogen-bond acceptors (Lipinski definition) is 9. The minimum absolute atomic E-state index is 0.0000714. The van der Waals surface area contributed by atoms with Gasteiger partial charge in [-0.3, -0.25) is 19.4 Å². The van der Waals surface area contributed by atoms with Crippen LogP contribution < -0.4 is 15.5 Å². The summed E-state index contributed by atoms with van der Waals surface area (Å²) in [5, 5.41) is 9.17. The summed E-state index contributed by atoms with van der Waals surface area (Å²) in [6.45, 7) is 2.32. The van der Waals surface area contributed by atoms with Crippen molar-refractivity contribution in [3.8, 4) is 0 Å². The van der Waals surface area contributed by atoms with Gasteiger partial charge in [-0.15, -0.1) is 11.3 Å². The maximum absolute atomic E-state index is 12.8. The summed E-state index contributed by atoms with van der Waals surface area (Å²) in [6.07, 6.45) is 8.39. The zero-order valence-electron chi connectivity index (χ0n) is 22.0. The Hall–Kier alpha value is -4.39. The number of hydrogen-bond donors (Lipinski definition) is 2. The van der Waals surface area contributed by atoms with E-state index in [1.807, 2.05) is 29.0 Å². The molecule has 12 nitrogen and oxygen atoms in total. The van der Waals surface area contributed by atoms with Crippen molar-refractivity contribution in [2.24, 2.45) is 5.92 Å². The van der Waals surface area contributed by atoms with Gasteiger partial charge >= 0.3 is 6.03 Å². The van der Waals surface area contributed by atoms with Gasteiger partial charge in [0.05, 0.1) is 22.9 Å². The first-order chi connectivity index (χ1) is 19.3. The van der Waals surface area contributed by atoms with E-state index in [-0.39, 0.29) is 36.2 Å². The Bertz CT molecular complexity index is 1680. The number of nitrogens with zero attached hydrogens (tertiary/aromatic N) is 7. The Morgan fingerprint density at radius 1 is 1.12 bits per heavy atom. The van der Waals surface area contributed by atoms with Crippen molar-refractivity contribution in [1.82, 2.24) is 29.2 Å². The number of nitrogens with one attached hydrogen (secondary N) is 2. The normalized spacial score (nSPS) is 20.4. The first kappa shape index (κ1) is 24.6. The number of rotatable bonds is 8. The third-order valence-electron chi connectivity index (χ3n) is 7.58. The molecule has 1 saturated heterocycles. The van der Waals surface area contributed by atoms with Crippen LogP contribution in [0.3, 0.4) is 0 Å². The molecule has 4 aromatic rings. The Morgan fingerprint density at radius 2 is 1.95 bits per heavy atom. The van der Waals surface area contributed by atoms with E-state index in [0.717, 1.165) is 46.1 Å². The number of carbonyl (C=O) groups is 3. The lowest BCUT2D eigenvalue weighted by atomic mass is 10.1. The molecule has 2 N–H and O–H groups in total. The van der Waals surface area contributed by atoms with Crippen LogP contribution in [0, 0.1) is 12.8 Å². The van der Waals surface area contributed by atoms with Crippen molar-refractivity contribution >= 4 is 52.2 Å². The molecule has 204 valence electrons. The summed E-state index contributed by atoms with van der Waals surface area (Å²) in [4.78, 5) is 58.1. The molecule has 3 fully saturated rings. The Balaban J connectivity index is 1.06. The summed E-state index contributed by atoms with van der Waals surface area (Å²) in [6, 6.07) is 3.33. The minimum atomic E-state index is -0.350. The smallest absolute Gasteiger partial charge is 0.331 e. The molecule has 5 heterocycles.